The summed E-state index contributed by atoms with van der Waals surface area (Å²) in [6, 6.07) is 0. The van der Waals surface area contributed by atoms with Crippen LogP contribution in [0.15, 0.2) is 6.33 Å². The molecule has 1 aromatic heterocycles. The van der Waals surface area contributed by atoms with Crippen molar-refractivity contribution in [2.24, 2.45) is 0 Å². The zero-order valence-corrected chi connectivity index (χ0v) is 6.37. The van der Waals surface area contributed by atoms with E-state index in [4.69, 9.17) is 5.21 Å². The maximum Gasteiger partial charge on any atom is 0.173 e. The van der Waals surface area contributed by atoms with Crippen LogP contribution in [0, 0.1) is 0 Å². The first-order valence-corrected chi connectivity index (χ1v) is 3.11. The molecule has 0 aliphatic heterocycles. The molecule has 1 aromatic rings. The van der Waals surface area contributed by atoms with Crippen molar-refractivity contribution in [3.05, 3.63) is 12.2 Å². The molecule has 0 saturated carbocycles. The summed E-state index contributed by atoms with van der Waals surface area (Å²) in [6.45, 7) is 5.89. The SMILES string of the molecule is CC(C)(C)c1ncnn1O. The summed E-state index contributed by atoms with van der Waals surface area (Å²) in [6.07, 6.45) is 1.33. The van der Waals surface area contributed by atoms with E-state index in [-0.39, 0.29) is 5.41 Å². The molecule has 1 rings (SSSR count). The van der Waals surface area contributed by atoms with Gasteiger partial charge in [0.2, 0.25) is 0 Å². The molecule has 0 atom stereocenters. The topological polar surface area (TPSA) is 50.9 Å². The van der Waals surface area contributed by atoms with Gasteiger partial charge in [0.25, 0.3) is 0 Å². The van der Waals surface area contributed by atoms with Crippen LogP contribution in [0.2, 0.25) is 0 Å². The van der Waals surface area contributed by atoms with Crippen LogP contribution in [0.4, 0.5) is 0 Å². The van der Waals surface area contributed by atoms with Crippen LogP contribution in [-0.2, 0) is 5.41 Å². The minimum Gasteiger partial charge on any atom is -0.410 e. The smallest absolute Gasteiger partial charge is 0.173 e. The van der Waals surface area contributed by atoms with E-state index in [9.17, 15) is 0 Å². The minimum atomic E-state index is -0.148. The lowest BCUT2D eigenvalue weighted by molar-refractivity contribution is 0.128. The van der Waals surface area contributed by atoms with Gasteiger partial charge in [-0.3, -0.25) is 0 Å². The van der Waals surface area contributed by atoms with Gasteiger partial charge in [0.1, 0.15) is 6.33 Å². The predicted octanol–water partition coefficient (Wildman–Crippen LogP) is 0.813. The molecule has 4 nitrogen and oxygen atoms in total. The first-order valence-electron chi connectivity index (χ1n) is 3.11. The third-order valence-corrected chi connectivity index (χ3v) is 1.20. The highest BCUT2D eigenvalue weighted by atomic mass is 16.5. The molecule has 10 heavy (non-hydrogen) atoms. The largest absolute Gasteiger partial charge is 0.410 e. The zero-order valence-electron chi connectivity index (χ0n) is 6.37. The monoisotopic (exact) mass is 141 g/mol. The molecule has 0 radical (unpaired) electrons. The quantitative estimate of drug-likeness (QED) is 0.544. The molecule has 1 heterocycles. The van der Waals surface area contributed by atoms with Crippen LogP contribution in [0.1, 0.15) is 26.6 Å². The fourth-order valence-electron chi connectivity index (χ4n) is 0.729. The van der Waals surface area contributed by atoms with E-state index in [1.165, 1.54) is 6.33 Å². The number of nitrogens with zero attached hydrogens (tertiary/aromatic N) is 3. The van der Waals surface area contributed by atoms with Gasteiger partial charge >= 0.3 is 0 Å². The molecule has 0 saturated heterocycles. The average molecular weight is 141 g/mol. The summed E-state index contributed by atoms with van der Waals surface area (Å²) >= 11 is 0. The van der Waals surface area contributed by atoms with Crippen molar-refractivity contribution in [3.8, 4) is 0 Å². The van der Waals surface area contributed by atoms with Crippen LogP contribution < -0.4 is 0 Å². The van der Waals surface area contributed by atoms with Crippen LogP contribution >= 0.6 is 0 Å². The van der Waals surface area contributed by atoms with E-state index in [1.54, 1.807) is 0 Å². The molecular formula is C6H11N3O. The fraction of sp³-hybridized carbons (Fsp3) is 0.667. The van der Waals surface area contributed by atoms with Crippen molar-refractivity contribution in [1.82, 2.24) is 14.9 Å². The highest BCUT2D eigenvalue weighted by Gasteiger charge is 2.20. The molecule has 0 aromatic carbocycles. The Labute approximate surface area is 59.5 Å². The second-order valence-corrected chi connectivity index (χ2v) is 3.22. The molecule has 0 bridgehead atoms. The Morgan fingerprint density at radius 3 is 2.30 bits per heavy atom. The van der Waals surface area contributed by atoms with Gasteiger partial charge in [-0.2, -0.15) is 0 Å². The summed E-state index contributed by atoms with van der Waals surface area (Å²) in [7, 11) is 0. The molecule has 0 aliphatic carbocycles. The van der Waals surface area contributed by atoms with Gasteiger partial charge in [0.15, 0.2) is 5.82 Å². The maximum absolute atomic E-state index is 9.03. The molecule has 4 heteroatoms. The lowest BCUT2D eigenvalue weighted by Gasteiger charge is -2.14. The Hall–Kier alpha value is -1.06. The average Bonchev–Trinajstić information content (AvgIpc) is 2.11. The van der Waals surface area contributed by atoms with Gasteiger partial charge in [0, 0.05) is 5.41 Å². The minimum absolute atomic E-state index is 0.148. The highest BCUT2D eigenvalue weighted by Crippen LogP contribution is 2.17. The normalized spacial score (nSPS) is 11.9. The highest BCUT2D eigenvalue weighted by molar-refractivity contribution is 4.98. The Morgan fingerprint density at radius 2 is 2.10 bits per heavy atom. The van der Waals surface area contributed by atoms with Crippen molar-refractivity contribution in [2.75, 3.05) is 0 Å². The van der Waals surface area contributed by atoms with E-state index in [0.717, 1.165) is 4.85 Å². The Balaban J connectivity index is 3.05. The molecule has 0 spiro atoms. The number of aromatic nitrogens is 3. The van der Waals surface area contributed by atoms with Crippen molar-refractivity contribution in [2.45, 2.75) is 26.2 Å². The van der Waals surface area contributed by atoms with E-state index in [2.05, 4.69) is 10.1 Å². The van der Waals surface area contributed by atoms with Gasteiger partial charge in [-0.1, -0.05) is 25.6 Å². The molecule has 0 aliphatic rings. The third kappa shape index (κ3) is 1.10. The molecule has 56 valence electrons. The second-order valence-electron chi connectivity index (χ2n) is 3.22. The Morgan fingerprint density at radius 1 is 1.50 bits per heavy atom. The van der Waals surface area contributed by atoms with Gasteiger partial charge in [-0.05, 0) is 0 Å². The summed E-state index contributed by atoms with van der Waals surface area (Å²) < 4.78 is 0. The standard InChI is InChI=1S/C6H11N3O/c1-6(2,3)5-7-4-8-9(5)10/h4,10H,1-3H3. The maximum atomic E-state index is 9.03. The van der Waals surface area contributed by atoms with Gasteiger partial charge < -0.3 is 5.21 Å². The van der Waals surface area contributed by atoms with Gasteiger partial charge in [0.05, 0.1) is 0 Å². The third-order valence-electron chi connectivity index (χ3n) is 1.20. The Bertz CT molecular complexity index is 223. The summed E-state index contributed by atoms with van der Waals surface area (Å²) in [5.41, 5.74) is -0.148. The summed E-state index contributed by atoms with van der Waals surface area (Å²) in [5, 5.41) is 12.6. The zero-order chi connectivity index (χ0) is 7.78. The van der Waals surface area contributed by atoms with E-state index < -0.39 is 0 Å². The molecule has 0 amide bonds. The van der Waals surface area contributed by atoms with Crippen LogP contribution in [-0.4, -0.2) is 20.1 Å². The van der Waals surface area contributed by atoms with Gasteiger partial charge in [-0.25, -0.2) is 4.98 Å². The van der Waals surface area contributed by atoms with E-state index >= 15 is 0 Å². The fourth-order valence-corrected chi connectivity index (χ4v) is 0.729. The molecule has 0 fully saturated rings. The van der Waals surface area contributed by atoms with Crippen molar-refractivity contribution in [3.63, 3.8) is 0 Å². The van der Waals surface area contributed by atoms with E-state index in [1.807, 2.05) is 20.8 Å². The molecule has 1 N–H and O–H groups in total. The van der Waals surface area contributed by atoms with Crippen molar-refractivity contribution >= 4 is 0 Å². The molecular weight excluding hydrogens is 130 g/mol. The Kier molecular flexibility index (Phi) is 1.39. The van der Waals surface area contributed by atoms with Crippen LogP contribution in [0.25, 0.3) is 0 Å². The number of hydrogen-bond acceptors (Lipinski definition) is 3. The lowest BCUT2D eigenvalue weighted by Crippen LogP contribution is -2.18. The van der Waals surface area contributed by atoms with Gasteiger partial charge in [-0.15, -0.1) is 5.10 Å². The second kappa shape index (κ2) is 1.97. The van der Waals surface area contributed by atoms with E-state index in [0.29, 0.717) is 5.82 Å². The first-order chi connectivity index (χ1) is 4.52. The predicted molar refractivity (Wildman–Crippen MR) is 35.9 cm³/mol. The van der Waals surface area contributed by atoms with Crippen molar-refractivity contribution < 1.29 is 5.21 Å². The van der Waals surface area contributed by atoms with Crippen LogP contribution in [0.3, 0.4) is 0 Å². The van der Waals surface area contributed by atoms with Crippen molar-refractivity contribution in [1.29, 1.82) is 0 Å². The number of rotatable bonds is 0. The van der Waals surface area contributed by atoms with Crippen LogP contribution in [0.5, 0.6) is 0 Å². The first kappa shape index (κ1) is 7.05. The summed E-state index contributed by atoms with van der Waals surface area (Å²) in [4.78, 5) is 4.69. The number of hydrogen-bond donors (Lipinski definition) is 1. The summed E-state index contributed by atoms with van der Waals surface area (Å²) in [5.74, 6) is 0.576. The lowest BCUT2D eigenvalue weighted by atomic mass is 9.96. The molecule has 0 unspecified atom stereocenters.